The molecule has 1 aromatic heterocycles. The van der Waals surface area contributed by atoms with Crippen LogP contribution in [0.25, 0.3) is 10.9 Å². The zero-order valence-corrected chi connectivity index (χ0v) is 32.8. The van der Waals surface area contributed by atoms with Crippen molar-refractivity contribution in [2.24, 2.45) is 22.2 Å². The number of fused-ring (bicyclic) bond motifs is 2. The number of aromatic amines is 1. The molecule has 2 aliphatic heterocycles. The van der Waals surface area contributed by atoms with E-state index in [2.05, 4.69) is 36.6 Å². The van der Waals surface area contributed by atoms with Crippen LogP contribution in [-0.4, -0.2) is 130 Å². The number of amides is 7. The van der Waals surface area contributed by atoms with Crippen LogP contribution in [0.3, 0.4) is 0 Å². The highest BCUT2D eigenvalue weighted by Gasteiger charge is 2.40. The van der Waals surface area contributed by atoms with Crippen molar-refractivity contribution < 1.29 is 43.5 Å². The highest BCUT2D eigenvalue weighted by Crippen LogP contribution is 2.25. The van der Waals surface area contributed by atoms with Crippen LogP contribution in [0, 0.1) is 0 Å². The predicted octanol–water partition coefficient (Wildman–Crippen LogP) is -2.05. The first kappa shape index (κ1) is 44.2. The number of aliphatic carboxylic acids is 1. The van der Waals surface area contributed by atoms with Crippen LogP contribution in [0.2, 0.25) is 0 Å². The fourth-order valence-electron chi connectivity index (χ4n) is 6.39. The van der Waals surface area contributed by atoms with Crippen LogP contribution >= 0.6 is 21.6 Å². The molecule has 13 N–H and O–H groups in total. The molecule has 4 rings (SSSR count). The Bertz CT molecular complexity index is 1840. The Morgan fingerprint density at radius 3 is 2.37 bits per heavy atom. The van der Waals surface area contributed by atoms with Crippen molar-refractivity contribution in [3.63, 3.8) is 0 Å². The third-order valence-corrected chi connectivity index (χ3v) is 11.7. The van der Waals surface area contributed by atoms with Gasteiger partial charge in [0.15, 0.2) is 5.96 Å². The number of aliphatic imine (C=N–C) groups is 1. The van der Waals surface area contributed by atoms with Gasteiger partial charge < -0.3 is 58.8 Å². The maximum atomic E-state index is 14.3. The SMILES string of the molecule is NC(=O)[C@@H]1CSSCCC(=O)N[C@@H](CCCCN=C(N)N)C(=O)NCC(=O)N[C@H](CC(=O)O)C(=O)N[C@@H](Cc2c[nH]c3ccccc23)C(=O)N2CCC[C@H]2C(=O)N1. The number of primary amides is 1. The lowest BCUT2D eigenvalue weighted by Crippen LogP contribution is -2.59. The minimum Gasteiger partial charge on any atom is -0.481 e. The first-order chi connectivity index (χ1) is 27.2. The predicted molar refractivity (Wildman–Crippen MR) is 213 cm³/mol. The van der Waals surface area contributed by atoms with Crippen molar-refractivity contribution in [1.29, 1.82) is 0 Å². The fraction of sp³-hybridized carbons (Fsp3) is 0.514. The Hall–Kier alpha value is -5.51. The van der Waals surface area contributed by atoms with Crippen molar-refractivity contribution in [1.82, 2.24) is 36.5 Å². The van der Waals surface area contributed by atoms with Gasteiger partial charge in [0.25, 0.3) is 0 Å². The van der Waals surface area contributed by atoms with E-state index in [4.69, 9.17) is 17.2 Å². The molecule has 0 aliphatic carbocycles. The molecule has 0 saturated carbocycles. The van der Waals surface area contributed by atoms with E-state index in [0.29, 0.717) is 24.8 Å². The molecule has 0 bridgehead atoms. The Morgan fingerprint density at radius 2 is 1.63 bits per heavy atom. The van der Waals surface area contributed by atoms with Gasteiger partial charge in [-0.25, -0.2) is 0 Å². The minimum atomic E-state index is -1.68. The number of hydrogen-bond acceptors (Lipinski definition) is 11. The van der Waals surface area contributed by atoms with Crippen molar-refractivity contribution in [2.75, 3.05) is 31.1 Å². The summed E-state index contributed by atoms with van der Waals surface area (Å²) in [5, 5.41) is 23.1. The van der Waals surface area contributed by atoms with Gasteiger partial charge in [0.1, 0.15) is 30.2 Å². The first-order valence-corrected chi connectivity index (χ1v) is 20.9. The van der Waals surface area contributed by atoms with E-state index in [9.17, 15) is 43.5 Å². The molecule has 0 radical (unpaired) electrons. The van der Waals surface area contributed by atoms with Gasteiger partial charge in [-0.3, -0.25) is 43.3 Å². The third-order valence-electron chi connectivity index (χ3n) is 9.24. The van der Waals surface area contributed by atoms with E-state index in [1.54, 1.807) is 12.3 Å². The number of H-pyrrole nitrogens is 1. The van der Waals surface area contributed by atoms with E-state index >= 15 is 0 Å². The fourth-order valence-corrected chi connectivity index (χ4v) is 8.56. The van der Waals surface area contributed by atoms with Crippen LogP contribution in [-0.2, 0) is 44.8 Å². The van der Waals surface area contributed by atoms with Crippen molar-refractivity contribution >= 4 is 85.8 Å². The number of nitrogens with one attached hydrogen (secondary N) is 6. The number of unbranched alkanes of at least 4 members (excludes halogenated alkanes) is 1. The molecule has 2 aliphatic rings. The number of aromatic nitrogens is 1. The molecule has 0 unspecified atom stereocenters. The number of carbonyl (C=O) groups excluding carboxylic acids is 7. The largest absolute Gasteiger partial charge is 0.481 e. The number of hydrogen-bond donors (Lipinski definition) is 10. The van der Waals surface area contributed by atoms with Crippen LogP contribution in [0.4, 0.5) is 0 Å². The van der Waals surface area contributed by atoms with Crippen molar-refractivity contribution in [3.05, 3.63) is 36.0 Å². The summed E-state index contributed by atoms with van der Waals surface area (Å²) >= 11 is 0. The summed E-state index contributed by atoms with van der Waals surface area (Å²) in [4.78, 5) is 114. The second-order valence-corrected chi connectivity index (χ2v) is 16.1. The van der Waals surface area contributed by atoms with Crippen LogP contribution in [0.15, 0.2) is 35.5 Å². The molecule has 3 heterocycles. The highest BCUT2D eigenvalue weighted by atomic mass is 33.1. The van der Waals surface area contributed by atoms with Crippen molar-refractivity contribution in [2.45, 2.75) is 81.6 Å². The van der Waals surface area contributed by atoms with Gasteiger partial charge in [-0.05, 0) is 43.7 Å². The van der Waals surface area contributed by atoms with Crippen molar-refractivity contribution in [3.8, 4) is 0 Å². The second kappa shape index (κ2) is 21.7. The lowest BCUT2D eigenvalue weighted by molar-refractivity contribution is -0.143. The average Bonchev–Trinajstić information content (AvgIpc) is 3.82. The molecular formula is C35H49N11O9S2. The Kier molecular flexibility index (Phi) is 16.8. The maximum absolute atomic E-state index is 14.3. The molecule has 1 aromatic carbocycles. The number of carbonyl (C=O) groups is 8. The summed E-state index contributed by atoms with van der Waals surface area (Å²) in [6.07, 6.45) is 2.48. The minimum absolute atomic E-state index is 0.0195. The number of para-hydroxylation sites is 1. The molecule has 7 amide bonds. The highest BCUT2D eigenvalue weighted by molar-refractivity contribution is 8.76. The normalized spacial score (nSPS) is 23.6. The monoisotopic (exact) mass is 831 g/mol. The van der Waals surface area contributed by atoms with Gasteiger partial charge in [-0.15, -0.1) is 0 Å². The summed E-state index contributed by atoms with van der Waals surface area (Å²) < 4.78 is 0. The van der Waals surface area contributed by atoms with Crippen LogP contribution < -0.4 is 43.8 Å². The zero-order valence-electron chi connectivity index (χ0n) is 31.1. The quantitative estimate of drug-likeness (QED) is 0.0534. The second-order valence-electron chi connectivity index (χ2n) is 13.5. The third kappa shape index (κ3) is 13.6. The standard InChI is InChI=1S/C35H49N11O9S2/c36-30(51)25-18-57-56-13-10-27(47)42-22(8-3-4-11-39-35(37)38)31(52)41-17-28(48)43-23(15-29(49)50)32(53)44-24(14-19-16-40-21-7-2-1-6-20(19)21)34(55)46-12-5-9-26(46)33(54)45-25/h1-2,6-7,16,22-26,40H,3-5,8-15,17-18H2,(H2,36,51)(H,41,52)(H,42,47)(H,43,48)(H,44,53)(H,45,54)(H,49,50)(H4,37,38,39)/t22-,23+,24-,25-,26-/m0/s1. The first-order valence-electron chi connectivity index (χ1n) is 18.4. The lowest BCUT2D eigenvalue weighted by Gasteiger charge is -2.30. The van der Waals surface area contributed by atoms with E-state index in [1.165, 1.54) is 26.5 Å². The molecule has 22 heteroatoms. The Labute approximate surface area is 335 Å². The smallest absolute Gasteiger partial charge is 0.305 e. The topological polar surface area (TPSA) is 326 Å². The summed E-state index contributed by atoms with van der Waals surface area (Å²) in [6.45, 7) is -0.233. The Morgan fingerprint density at radius 1 is 0.877 bits per heavy atom. The number of rotatable bonds is 10. The van der Waals surface area contributed by atoms with E-state index in [1.807, 2.05) is 18.2 Å². The van der Waals surface area contributed by atoms with Crippen LogP contribution in [0.5, 0.6) is 0 Å². The molecule has 2 aromatic rings. The summed E-state index contributed by atoms with van der Waals surface area (Å²) in [5.74, 6) is -6.35. The number of benzene rings is 1. The van der Waals surface area contributed by atoms with Crippen LogP contribution in [0.1, 0.15) is 50.5 Å². The number of guanidine groups is 1. The Balaban J connectivity index is 1.61. The average molecular weight is 832 g/mol. The molecule has 2 fully saturated rings. The van der Waals surface area contributed by atoms with Gasteiger partial charge in [0, 0.05) is 54.5 Å². The number of nitrogens with two attached hydrogens (primary N) is 3. The molecular weight excluding hydrogens is 783 g/mol. The molecule has 57 heavy (non-hydrogen) atoms. The van der Waals surface area contributed by atoms with Gasteiger partial charge in [0.05, 0.1) is 13.0 Å². The maximum Gasteiger partial charge on any atom is 0.305 e. The van der Waals surface area contributed by atoms with E-state index in [0.717, 1.165) is 10.9 Å². The number of nitrogens with zero attached hydrogens (tertiary/aromatic N) is 2. The zero-order chi connectivity index (χ0) is 41.5. The van der Waals surface area contributed by atoms with E-state index in [-0.39, 0.29) is 56.2 Å². The van der Waals surface area contributed by atoms with Gasteiger partial charge in [-0.2, -0.15) is 0 Å². The molecule has 0 spiro atoms. The summed E-state index contributed by atoms with van der Waals surface area (Å²) in [6, 6.07) is 1.07. The van der Waals surface area contributed by atoms with Gasteiger partial charge in [-0.1, -0.05) is 39.8 Å². The van der Waals surface area contributed by atoms with E-state index < -0.39 is 90.5 Å². The number of carboxylic acid groups (broad SMARTS) is 1. The molecule has 5 atom stereocenters. The van der Waals surface area contributed by atoms with Gasteiger partial charge in [0.2, 0.25) is 41.4 Å². The summed E-state index contributed by atoms with van der Waals surface area (Å²) in [7, 11) is 2.45. The summed E-state index contributed by atoms with van der Waals surface area (Å²) in [5.41, 5.74) is 17.8. The molecule has 20 nitrogen and oxygen atoms in total. The molecule has 2 saturated heterocycles. The lowest BCUT2D eigenvalue weighted by atomic mass is 10.0. The molecule has 310 valence electrons. The number of carboxylic acids is 1. The van der Waals surface area contributed by atoms with Gasteiger partial charge >= 0.3 is 5.97 Å².